The molecule has 0 spiro atoms. The van der Waals surface area contributed by atoms with Gasteiger partial charge in [0, 0.05) is 14.0 Å². The van der Waals surface area contributed by atoms with Crippen LogP contribution in [-0.2, 0) is 4.79 Å². The molecule has 2 heterocycles. The van der Waals surface area contributed by atoms with Crippen LogP contribution in [0.4, 0.5) is 5.69 Å². The molecule has 0 aliphatic heterocycles. The molecule has 2 rings (SSSR count). The number of hydrogen-bond donors (Lipinski definition) is 0. The summed E-state index contributed by atoms with van der Waals surface area (Å²) in [5.41, 5.74) is 1.53. The van der Waals surface area contributed by atoms with E-state index < -0.39 is 0 Å². The molecule has 2 aromatic heterocycles. The second kappa shape index (κ2) is 5.18. The number of thioether (sulfide) groups is 1. The second-order valence-electron chi connectivity index (χ2n) is 3.64. The van der Waals surface area contributed by atoms with Gasteiger partial charge in [-0.1, -0.05) is 0 Å². The Morgan fingerprint density at radius 3 is 2.89 bits per heavy atom. The highest BCUT2D eigenvalue weighted by atomic mass is 32.2. The maximum atomic E-state index is 11.3. The molecule has 0 saturated carbocycles. The Morgan fingerprint density at radius 1 is 1.44 bits per heavy atom. The topological polar surface area (TPSA) is 63.9 Å². The average Bonchev–Trinajstić information content (AvgIpc) is 2.87. The number of aromatic nitrogens is 4. The van der Waals surface area contributed by atoms with Gasteiger partial charge < -0.3 is 4.90 Å². The molecule has 0 atom stereocenters. The lowest BCUT2D eigenvalue weighted by molar-refractivity contribution is -0.116. The van der Waals surface area contributed by atoms with Gasteiger partial charge in [0.05, 0.1) is 24.3 Å². The van der Waals surface area contributed by atoms with Crippen LogP contribution in [0.5, 0.6) is 0 Å². The van der Waals surface area contributed by atoms with Crippen molar-refractivity contribution in [3.8, 4) is 5.69 Å². The van der Waals surface area contributed by atoms with Gasteiger partial charge in [-0.2, -0.15) is 5.10 Å². The van der Waals surface area contributed by atoms with Crippen molar-refractivity contribution < 1.29 is 4.79 Å². The predicted molar refractivity (Wildman–Crippen MR) is 70.0 cm³/mol. The van der Waals surface area contributed by atoms with E-state index in [0.29, 0.717) is 0 Å². The highest BCUT2D eigenvalue weighted by Gasteiger charge is 2.11. The van der Waals surface area contributed by atoms with Gasteiger partial charge in [0.25, 0.3) is 0 Å². The summed E-state index contributed by atoms with van der Waals surface area (Å²) >= 11 is 1.52. The molecule has 0 unspecified atom stereocenters. The largest absolute Gasteiger partial charge is 0.313 e. The van der Waals surface area contributed by atoms with Crippen molar-refractivity contribution in [2.45, 2.75) is 11.9 Å². The second-order valence-corrected chi connectivity index (χ2v) is 4.43. The summed E-state index contributed by atoms with van der Waals surface area (Å²) in [7, 11) is 1.71. The van der Waals surface area contributed by atoms with Crippen LogP contribution >= 0.6 is 11.8 Å². The fourth-order valence-corrected chi connectivity index (χ4v) is 1.93. The third-order valence-corrected chi connectivity index (χ3v) is 3.23. The van der Waals surface area contributed by atoms with Crippen LogP contribution in [0.3, 0.4) is 0 Å². The Kier molecular flexibility index (Phi) is 3.61. The van der Waals surface area contributed by atoms with Crippen LogP contribution in [0, 0.1) is 0 Å². The molecule has 7 heteroatoms. The lowest BCUT2D eigenvalue weighted by Gasteiger charge is -2.11. The van der Waals surface area contributed by atoms with Crippen LogP contribution in [-0.4, -0.2) is 39.0 Å². The first-order valence-corrected chi connectivity index (χ1v) is 6.49. The van der Waals surface area contributed by atoms with Crippen LogP contribution in [0.1, 0.15) is 6.92 Å². The first-order valence-electron chi connectivity index (χ1n) is 5.27. The van der Waals surface area contributed by atoms with E-state index in [0.717, 1.165) is 16.4 Å². The zero-order valence-corrected chi connectivity index (χ0v) is 11.2. The Hall–Kier alpha value is -1.89. The number of carbonyl (C=O) groups excluding carboxylic acids is 1. The SMILES string of the molecule is CSc1ncncc1-n1cc(N(C)C(C)=O)cn1. The van der Waals surface area contributed by atoms with Crippen molar-refractivity contribution >= 4 is 23.4 Å². The molecule has 2 aromatic rings. The molecule has 1 amide bonds. The molecular weight excluding hydrogens is 250 g/mol. The van der Waals surface area contributed by atoms with Crippen LogP contribution in [0.15, 0.2) is 29.9 Å². The van der Waals surface area contributed by atoms with E-state index in [1.807, 2.05) is 6.26 Å². The maximum absolute atomic E-state index is 11.3. The predicted octanol–water partition coefficient (Wildman–Crippen LogP) is 1.37. The van der Waals surface area contributed by atoms with Gasteiger partial charge in [0.15, 0.2) is 0 Å². The quantitative estimate of drug-likeness (QED) is 0.618. The summed E-state index contributed by atoms with van der Waals surface area (Å²) in [4.78, 5) is 21.0. The van der Waals surface area contributed by atoms with Gasteiger partial charge >= 0.3 is 0 Å². The van der Waals surface area contributed by atoms with Crippen molar-refractivity contribution in [1.29, 1.82) is 0 Å². The first kappa shape index (κ1) is 12.6. The van der Waals surface area contributed by atoms with Crippen LogP contribution in [0.25, 0.3) is 5.69 Å². The highest BCUT2D eigenvalue weighted by Crippen LogP contribution is 2.21. The Labute approximate surface area is 109 Å². The van der Waals surface area contributed by atoms with Gasteiger partial charge in [-0.15, -0.1) is 11.8 Å². The Morgan fingerprint density at radius 2 is 2.22 bits per heavy atom. The van der Waals surface area contributed by atoms with Gasteiger partial charge in [0.2, 0.25) is 5.91 Å². The molecule has 0 bridgehead atoms. The van der Waals surface area contributed by atoms with Crippen molar-refractivity contribution in [2.24, 2.45) is 0 Å². The van der Waals surface area contributed by atoms with E-state index in [1.165, 1.54) is 29.9 Å². The third-order valence-electron chi connectivity index (χ3n) is 2.53. The summed E-state index contributed by atoms with van der Waals surface area (Å²) in [5.74, 6) is -0.0380. The summed E-state index contributed by atoms with van der Waals surface area (Å²) in [5, 5.41) is 5.07. The van der Waals surface area contributed by atoms with Crippen LogP contribution in [0.2, 0.25) is 0 Å². The zero-order chi connectivity index (χ0) is 13.1. The highest BCUT2D eigenvalue weighted by molar-refractivity contribution is 7.98. The lowest BCUT2D eigenvalue weighted by Crippen LogP contribution is -2.22. The standard InChI is InChI=1S/C11H13N5OS/c1-8(17)15(2)9-4-14-16(6-9)10-5-12-7-13-11(10)18-3/h4-7H,1-3H3. The summed E-state index contributed by atoms with van der Waals surface area (Å²) in [6.45, 7) is 1.51. The number of anilines is 1. The summed E-state index contributed by atoms with van der Waals surface area (Å²) in [6.07, 6.45) is 8.56. The minimum atomic E-state index is -0.0380. The fourth-order valence-electron chi connectivity index (χ4n) is 1.43. The minimum absolute atomic E-state index is 0.0380. The molecule has 0 fully saturated rings. The van der Waals surface area contributed by atoms with E-state index in [1.54, 1.807) is 30.3 Å². The maximum Gasteiger partial charge on any atom is 0.223 e. The van der Waals surface area contributed by atoms with Gasteiger partial charge in [-0.3, -0.25) is 4.79 Å². The van der Waals surface area contributed by atoms with Gasteiger partial charge in [-0.25, -0.2) is 14.6 Å². The summed E-state index contributed by atoms with van der Waals surface area (Å²) < 4.78 is 1.67. The molecule has 0 aliphatic rings. The molecule has 0 saturated heterocycles. The van der Waals surface area contributed by atoms with E-state index in [2.05, 4.69) is 15.1 Å². The molecular formula is C11H13N5OS. The Balaban J connectivity index is 2.38. The van der Waals surface area contributed by atoms with Crippen molar-refractivity contribution in [1.82, 2.24) is 19.7 Å². The lowest BCUT2D eigenvalue weighted by atomic mass is 10.4. The third kappa shape index (κ3) is 2.35. The Bertz CT molecular complexity index is 568. The van der Waals surface area contributed by atoms with Gasteiger partial charge in [-0.05, 0) is 6.26 Å². The minimum Gasteiger partial charge on any atom is -0.313 e. The van der Waals surface area contributed by atoms with Crippen molar-refractivity contribution in [3.05, 3.63) is 24.9 Å². The first-order chi connectivity index (χ1) is 8.63. The number of hydrogen-bond acceptors (Lipinski definition) is 5. The molecule has 6 nitrogen and oxygen atoms in total. The molecule has 0 radical (unpaired) electrons. The fraction of sp³-hybridized carbons (Fsp3) is 0.273. The monoisotopic (exact) mass is 263 g/mol. The van der Waals surface area contributed by atoms with E-state index in [4.69, 9.17) is 0 Å². The van der Waals surface area contributed by atoms with Crippen LogP contribution < -0.4 is 4.90 Å². The van der Waals surface area contributed by atoms with E-state index >= 15 is 0 Å². The number of nitrogens with zero attached hydrogens (tertiary/aromatic N) is 5. The number of rotatable bonds is 3. The van der Waals surface area contributed by atoms with Gasteiger partial charge in [0.1, 0.15) is 17.0 Å². The molecule has 0 aliphatic carbocycles. The molecule has 18 heavy (non-hydrogen) atoms. The molecule has 0 N–H and O–H groups in total. The number of amides is 1. The molecule has 0 aromatic carbocycles. The van der Waals surface area contributed by atoms with Crippen molar-refractivity contribution in [2.75, 3.05) is 18.2 Å². The normalized spacial score (nSPS) is 10.4. The van der Waals surface area contributed by atoms with Crippen molar-refractivity contribution in [3.63, 3.8) is 0 Å². The molecule has 94 valence electrons. The smallest absolute Gasteiger partial charge is 0.223 e. The van der Waals surface area contributed by atoms with E-state index in [-0.39, 0.29) is 5.91 Å². The zero-order valence-electron chi connectivity index (χ0n) is 10.4. The average molecular weight is 263 g/mol. The van der Waals surface area contributed by atoms with E-state index in [9.17, 15) is 4.79 Å². The number of carbonyl (C=O) groups is 1. The summed E-state index contributed by atoms with van der Waals surface area (Å²) in [6, 6.07) is 0.